The van der Waals surface area contributed by atoms with Crippen molar-refractivity contribution in [2.75, 3.05) is 119 Å². The third-order valence-electron chi connectivity index (χ3n) is 6.71. The first-order valence-electron chi connectivity index (χ1n) is 15.6. The summed E-state index contributed by atoms with van der Waals surface area (Å²) >= 11 is 0. The summed E-state index contributed by atoms with van der Waals surface area (Å²) in [6.07, 6.45) is -0.459. The van der Waals surface area contributed by atoms with Crippen LogP contribution in [0.2, 0.25) is 0 Å². The van der Waals surface area contributed by atoms with Gasteiger partial charge in [0.05, 0.1) is 92.5 Å². The quantitative estimate of drug-likeness (QED) is 0.108. The van der Waals surface area contributed by atoms with E-state index in [1.807, 2.05) is 24.3 Å². The second-order valence-corrected chi connectivity index (χ2v) is 9.92. The number of aliphatic hydroxyl groups excluding tert-OH is 1. The highest BCUT2D eigenvalue weighted by molar-refractivity contribution is 5.79. The van der Waals surface area contributed by atoms with Crippen LogP contribution in [0.4, 0.5) is 4.79 Å². The number of hydrogen-bond donors (Lipinski definition) is 2. The fourth-order valence-corrected chi connectivity index (χ4v) is 4.56. The maximum Gasteiger partial charge on any atom is 0.407 e. The molecular formula is C33H47NO12. The predicted octanol–water partition coefficient (Wildman–Crippen LogP) is 2.18. The van der Waals surface area contributed by atoms with Gasteiger partial charge in [-0.05, 0) is 22.3 Å². The minimum absolute atomic E-state index is 0.0333. The molecule has 13 heteroatoms. The number of esters is 1. The smallest absolute Gasteiger partial charge is 0.407 e. The zero-order valence-corrected chi connectivity index (χ0v) is 26.4. The number of benzene rings is 2. The molecule has 0 saturated heterocycles. The van der Waals surface area contributed by atoms with Crippen molar-refractivity contribution >= 4 is 12.1 Å². The van der Waals surface area contributed by atoms with E-state index in [1.165, 1.54) is 22.3 Å². The molecule has 46 heavy (non-hydrogen) atoms. The van der Waals surface area contributed by atoms with Gasteiger partial charge in [0.1, 0.15) is 19.8 Å². The third-order valence-corrected chi connectivity index (χ3v) is 6.71. The molecule has 2 aromatic rings. The van der Waals surface area contributed by atoms with E-state index in [4.69, 9.17) is 43.0 Å². The first-order chi connectivity index (χ1) is 22.7. The Labute approximate surface area is 270 Å². The standard InChI is InChI=1S/C33H47NO12/c35-25-32(36)45-24-23-44-22-21-43-20-19-42-18-17-41-16-15-40-14-13-39-12-11-38-10-9-34-33(37)46-26-31-29-7-3-1-5-27(29)28-6-2-4-8-30(28)31/h1-8,31,35H,9-26H2,(H,34,37). The van der Waals surface area contributed by atoms with E-state index in [0.29, 0.717) is 92.4 Å². The van der Waals surface area contributed by atoms with Crippen molar-refractivity contribution in [3.05, 3.63) is 59.7 Å². The summed E-state index contributed by atoms with van der Waals surface area (Å²) in [5.41, 5.74) is 4.75. The zero-order valence-electron chi connectivity index (χ0n) is 26.4. The number of nitrogens with one attached hydrogen (secondary N) is 1. The van der Waals surface area contributed by atoms with Crippen molar-refractivity contribution in [3.8, 4) is 11.1 Å². The van der Waals surface area contributed by atoms with Gasteiger partial charge < -0.3 is 53.1 Å². The first kappa shape index (κ1) is 37.3. The van der Waals surface area contributed by atoms with Crippen LogP contribution in [0.3, 0.4) is 0 Å². The number of rotatable bonds is 27. The Kier molecular flexibility index (Phi) is 19.5. The Morgan fingerprint density at radius 3 is 1.37 bits per heavy atom. The number of aliphatic hydroxyl groups is 1. The Balaban J connectivity index is 1.01. The molecular weight excluding hydrogens is 602 g/mol. The number of ether oxygens (including phenoxy) is 9. The predicted molar refractivity (Wildman–Crippen MR) is 167 cm³/mol. The Morgan fingerprint density at radius 1 is 0.543 bits per heavy atom. The second kappa shape index (κ2) is 24.1. The lowest BCUT2D eigenvalue weighted by Crippen LogP contribution is -2.29. The molecule has 1 amide bonds. The van der Waals surface area contributed by atoms with Crippen LogP contribution in [0.25, 0.3) is 11.1 Å². The summed E-state index contributed by atoms with van der Waals surface area (Å²) in [7, 11) is 0. The SMILES string of the molecule is O=C(CO)OCCOCCOCCOCCOCCOCCOCCOCCNC(=O)OCC1c2ccccc2-c2ccccc21. The molecule has 2 N–H and O–H groups in total. The molecule has 13 nitrogen and oxygen atoms in total. The number of carbonyl (C=O) groups is 2. The molecule has 0 heterocycles. The van der Waals surface area contributed by atoms with Crippen LogP contribution in [-0.4, -0.2) is 136 Å². The van der Waals surface area contributed by atoms with Gasteiger partial charge in [0.15, 0.2) is 0 Å². The van der Waals surface area contributed by atoms with Gasteiger partial charge in [-0.15, -0.1) is 0 Å². The molecule has 3 rings (SSSR count). The van der Waals surface area contributed by atoms with E-state index in [2.05, 4.69) is 34.3 Å². The summed E-state index contributed by atoms with van der Waals surface area (Å²) in [4.78, 5) is 22.9. The highest BCUT2D eigenvalue weighted by Gasteiger charge is 2.28. The number of alkyl carbamates (subject to hydrolysis) is 1. The van der Waals surface area contributed by atoms with Crippen LogP contribution in [0.1, 0.15) is 17.0 Å². The van der Waals surface area contributed by atoms with Crippen molar-refractivity contribution in [1.29, 1.82) is 0 Å². The number of hydrogen-bond acceptors (Lipinski definition) is 12. The molecule has 1 aliphatic rings. The van der Waals surface area contributed by atoms with E-state index in [1.54, 1.807) is 0 Å². The molecule has 1 aliphatic carbocycles. The number of carbonyl (C=O) groups excluding carboxylic acids is 2. The first-order valence-corrected chi connectivity index (χ1v) is 15.6. The molecule has 0 saturated carbocycles. The fourth-order valence-electron chi connectivity index (χ4n) is 4.56. The minimum Gasteiger partial charge on any atom is -0.462 e. The van der Waals surface area contributed by atoms with Crippen LogP contribution < -0.4 is 5.32 Å². The monoisotopic (exact) mass is 649 g/mol. The zero-order chi connectivity index (χ0) is 32.5. The van der Waals surface area contributed by atoms with E-state index in [0.717, 1.165) is 0 Å². The molecule has 0 atom stereocenters. The van der Waals surface area contributed by atoms with Crippen LogP contribution in [0.15, 0.2) is 48.5 Å². The molecule has 0 fully saturated rings. The van der Waals surface area contributed by atoms with Crippen LogP contribution in [0.5, 0.6) is 0 Å². The molecule has 256 valence electrons. The van der Waals surface area contributed by atoms with E-state index < -0.39 is 18.7 Å². The molecule has 0 spiro atoms. The van der Waals surface area contributed by atoms with Crippen LogP contribution in [0, 0.1) is 0 Å². The van der Waals surface area contributed by atoms with Crippen molar-refractivity contribution < 1.29 is 57.3 Å². The molecule has 0 aliphatic heterocycles. The van der Waals surface area contributed by atoms with E-state index >= 15 is 0 Å². The Bertz CT molecular complexity index is 1070. The molecule has 0 aromatic heterocycles. The lowest BCUT2D eigenvalue weighted by molar-refractivity contribution is -0.148. The van der Waals surface area contributed by atoms with E-state index in [-0.39, 0.29) is 25.7 Å². The molecule has 2 aromatic carbocycles. The third kappa shape index (κ3) is 15.0. The van der Waals surface area contributed by atoms with Gasteiger partial charge in [0.25, 0.3) is 0 Å². The molecule has 0 radical (unpaired) electrons. The van der Waals surface area contributed by atoms with Gasteiger partial charge in [-0.3, -0.25) is 0 Å². The van der Waals surface area contributed by atoms with Gasteiger partial charge in [-0.1, -0.05) is 48.5 Å². The molecule has 0 bridgehead atoms. The Morgan fingerprint density at radius 2 is 0.935 bits per heavy atom. The summed E-state index contributed by atoms with van der Waals surface area (Å²) in [6.45, 7) is 6.00. The normalized spacial score (nSPS) is 12.1. The maximum absolute atomic E-state index is 12.2. The van der Waals surface area contributed by atoms with Gasteiger partial charge >= 0.3 is 12.1 Å². The topological polar surface area (TPSA) is 149 Å². The fraction of sp³-hybridized carbons (Fsp3) is 0.576. The highest BCUT2D eigenvalue weighted by Crippen LogP contribution is 2.44. The van der Waals surface area contributed by atoms with Crippen molar-refractivity contribution in [2.45, 2.75) is 5.92 Å². The van der Waals surface area contributed by atoms with Gasteiger partial charge in [0, 0.05) is 12.5 Å². The van der Waals surface area contributed by atoms with Gasteiger partial charge in [-0.25, -0.2) is 9.59 Å². The summed E-state index contributed by atoms with van der Waals surface area (Å²) < 4.78 is 48.1. The van der Waals surface area contributed by atoms with Crippen molar-refractivity contribution in [3.63, 3.8) is 0 Å². The number of fused-ring (bicyclic) bond motifs is 3. The lowest BCUT2D eigenvalue weighted by Gasteiger charge is -2.14. The van der Waals surface area contributed by atoms with Crippen LogP contribution in [-0.2, 0) is 47.4 Å². The second-order valence-electron chi connectivity index (χ2n) is 9.92. The maximum atomic E-state index is 12.2. The number of amides is 1. The average Bonchev–Trinajstić information content (AvgIpc) is 3.40. The summed E-state index contributed by atoms with van der Waals surface area (Å²) in [5, 5.41) is 11.2. The van der Waals surface area contributed by atoms with Crippen molar-refractivity contribution in [2.24, 2.45) is 0 Å². The largest absolute Gasteiger partial charge is 0.462 e. The van der Waals surface area contributed by atoms with Gasteiger partial charge in [0.2, 0.25) is 0 Å². The van der Waals surface area contributed by atoms with E-state index in [9.17, 15) is 9.59 Å². The lowest BCUT2D eigenvalue weighted by atomic mass is 9.98. The average molecular weight is 650 g/mol. The summed E-state index contributed by atoms with van der Waals surface area (Å²) in [6, 6.07) is 16.5. The van der Waals surface area contributed by atoms with Crippen LogP contribution >= 0.6 is 0 Å². The molecule has 0 unspecified atom stereocenters. The van der Waals surface area contributed by atoms with Crippen molar-refractivity contribution in [1.82, 2.24) is 5.32 Å². The van der Waals surface area contributed by atoms with Gasteiger partial charge in [-0.2, -0.15) is 0 Å². The minimum atomic E-state index is -0.671. The highest BCUT2D eigenvalue weighted by atomic mass is 16.6. The Hall–Kier alpha value is -3.14. The summed E-state index contributed by atoms with van der Waals surface area (Å²) in [5.74, 6) is -0.638.